The van der Waals surface area contributed by atoms with Gasteiger partial charge in [-0.15, -0.1) is 24.0 Å². The molecule has 1 aromatic heterocycles. The molecule has 0 aliphatic heterocycles. The van der Waals surface area contributed by atoms with E-state index in [1.165, 1.54) is 32.1 Å². The highest BCUT2D eigenvalue weighted by molar-refractivity contribution is 14.0. The van der Waals surface area contributed by atoms with Gasteiger partial charge in [-0.25, -0.2) is 4.99 Å². The van der Waals surface area contributed by atoms with Gasteiger partial charge in [0.2, 0.25) is 0 Å². The minimum absolute atomic E-state index is 0. The lowest BCUT2D eigenvalue weighted by Crippen LogP contribution is -2.45. The van der Waals surface area contributed by atoms with Crippen molar-refractivity contribution >= 4 is 29.9 Å². The highest BCUT2D eigenvalue weighted by atomic mass is 127. The van der Waals surface area contributed by atoms with Crippen LogP contribution in [0.15, 0.2) is 27.8 Å². The second kappa shape index (κ2) is 9.39. The monoisotopic (exact) mass is 421 g/mol. The van der Waals surface area contributed by atoms with Crippen molar-refractivity contribution in [1.82, 2.24) is 10.6 Å². The maximum atomic E-state index is 10.4. The Labute approximate surface area is 150 Å². The van der Waals surface area contributed by atoms with Crippen LogP contribution in [0.4, 0.5) is 0 Å². The maximum Gasteiger partial charge on any atom is 0.191 e. The van der Waals surface area contributed by atoms with E-state index in [-0.39, 0.29) is 30.5 Å². The van der Waals surface area contributed by atoms with Crippen molar-refractivity contribution in [3.05, 3.63) is 24.2 Å². The second-order valence-electron chi connectivity index (χ2n) is 5.93. The zero-order valence-electron chi connectivity index (χ0n) is 13.5. The van der Waals surface area contributed by atoms with Crippen molar-refractivity contribution in [2.45, 2.75) is 57.6 Å². The first-order valence-corrected chi connectivity index (χ1v) is 7.93. The lowest BCUT2D eigenvalue weighted by Gasteiger charge is -2.26. The van der Waals surface area contributed by atoms with Crippen LogP contribution in [0.3, 0.4) is 0 Å². The van der Waals surface area contributed by atoms with Crippen molar-refractivity contribution in [1.29, 1.82) is 0 Å². The van der Waals surface area contributed by atoms with Gasteiger partial charge in [-0.05, 0) is 38.8 Å². The Morgan fingerprint density at radius 2 is 2.14 bits per heavy atom. The Morgan fingerprint density at radius 1 is 1.41 bits per heavy atom. The molecule has 6 heteroatoms. The van der Waals surface area contributed by atoms with Gasteiger partial charge < -0.3 is 20.2 Å². The number of aliphatic imine (C=N–C) groups is 1. The third-order valence-electron chi connectivity index (χ3n) is 3.89. The van der Waals surface area contributed by atoms with Gasteiger partial charge in [0.25, 0.3) is 0 Å². The number of hydrogen-bond donors (Lipinski definition) is 3. The Balaban J connectivity index is 0.00000242. The summed E-state index contributed by atoms with van der Waals surface area (Å²) in [5, 5.41) is 17.2. The van der Waals surface area contributed by atoms with Crippen molar-refractivity contribution in [3.63, 3.8) is 0 Å². The standard InChI is InChI=1S/C16H27N3O2.HI/c1-3-17-15(19-13-8-5-4-6-9-13)18-12-16(2,20)14-10-7-11-21-14;/h7,10-11,13,20H,3-6,8-9,12H2,1-2H3,(H2,17,18,19);1H. The summed E-state index contributed by atoms with van der Waals surface area (Å²) in [7, 11) is 0. The van der Waals surface area contributed by atoms with Crippen LogP contribution < -0.4 is 10.6 Å². The Kier molecular flexibility index (Phi) is 8.24. The van der Waals surface area contributed by atoms with Crippen LogP contribution in [0.5, 0.6) is 0 Å². The first kappa shape index (κ1) is 19.3. The molecule has 1 aliphatic rings. The van der Waals surface area contributed by atoms with Crippen LogP contribution in [-0.2, 0) is 5.60 Å². The van der Waals surface area contributed by atoms with E-state index in [0.717, 1.165) is 12.5 Å². The molecular formula is C16H28IN3O2. The summed E-state index contributed by atoms with van der Waals surface area (Å²) < 4.78 is 5.28. The molecule has 5 nitrogen and oxygen atoms in total. The Hall–Kier alpha value is -0.760. The third-order valence-corrected chi connectivity index (χ3v) is 3.89. The number of aliphatic hydroxyl groups is 1. The molecule has 1 aliphatic carbocycles. The van der Waals surface area contributed by atoms with Gasteiger partial charge in [0, 0.05) is 12.6 Å². The summed E-state index contributed by atoms with van der Waals surface area (Å²) in [5.41, 5.74) is -1.08. The molecule has 1 heterocycles. The minimum Gasteiger partial charge on any atom is -0.466 e. The van der Waals surface area contributed by atoms with E-state index in [1.54, 1.807) is 25.3 Å². The normalized spacial score (nSPS) is 19.1. The van der Waals surface area contributed by atoms with Gasteiger partial charge in [-0.2, -0.15) is 0 Å². The number of hydrogen-bond acceptors (Lipinski definition) is 3. The van der Waals surface area contributed by atoms with Crippen LogP contribution in [0.25, 0.3) is 0 Å². The SMILES string of the molecule is CCNC(=NCC(C)(O)c1ccco1)NC1CCCCC1.I. The topological polar surface area (TPSA) is 69.8 Å². The molecule has 0 saturated heterocycles. The summed E-state index contributed by atoms with van der Waals surface area (Å²) in [5.74, 6) is 1.32. The highest BCUT2D eigenvalue weighted by Gasteiger charge is 2.26. The maximum absolute atomic E-state index is 10.4. The fraction of sp³-hybridized carbons (Fsp3) is 0.688. The summed E-state index contributed by atoms with van der Waals surface area (Å²) in [6.07, 6.45) is 7.85. The fourth-order valence-electron chi connectivity index (χ4n) is 2.66. The van der Waals surface area contributed by atoms with Crippen molar-refractivity contribution < 1.29 is 9.52 Å². The lowest BCUT2D eigenvalue weighted by molar-refractivity contribution is 0.0436. The third kappa shape index (κ3) is 5.79. The van der Waals surface area contributed by atoms with Gasteiger partial charge in [0.15, 0.2) is 5.96 Å². The number of guanidine groups is 1. The van der Waals surface area contributed by atoms with Gasteiger partial charge in [0.1, 0.15) is 11.4 Å². The van der Waals surface area contributed by atoms with Crippen LogP contribution in [0.1, 0.15) is 51.7 Å². The molecule has 1 saturated carbocycles. The quantitative estimate of drug-likeness (QED) is 0.389. The number of furan rings is 1. The molecule has 0 radical (unpaired) electrons. The van der Waals surface area contributed by atoms with E-state index in [9.17, 15) is 5.11 Å². The van der Waals surface area contributed by atoms with Gasteiger partial charge >= 0.3 is 0 Å². The van der Waals surface area contributed by atoms with Crippen LogP contribution >= 0.6 is 24.0 Å². The zero-order chi connectivity index (χ0) is 15.1. The number of rotatable bonds is 5. The summed E-state index contributed by atoms with van der Waals surface area (Å²) in [4.78, 5) is 4.52. The van der Waals surface area contributed by atoms with E-state index in [2.05, 4.69) is 15.6 Å². The molecule has 2 rings (SSSR count). The van der Waals surface area contributed by atoms with Crippen LogP contribution in [0, 0.1) is 0 Å². The minimum atomic E-state index is -1.08. The van der Waals surface area contributed by atoms with Gasteiger partial charge in [-0.3, -0.25) is 0 Å². The molecule has 1 fully saturated rings. The molecular weight excluding hydrogens is 393 g/mol. The average Bonchev–Trinajstić information content (AvgIpc) is 3.01. The molecule has 22 heavy (non-hydrogen) atoms. The molecule has 126 valence electrons. The first-order chi connectivity index (χ1) is 10.1. The Morgan fingerprint density at radius 3 is 2.73 bits per heavy atom. The predicted molar refractivity (Wildman–Crippen MR) is 99.7 cm³/mol. The molecule has 0 spiro atoms. The van der Waals surface area contributed by atoms with E-state index in [0.29, 0.717) is 11.8 Å². The largest absolute Gasteiger partial charge is 0.466 e. The number of nitrogens with one attached hydrogen (secondary N) is 2. The van der Waals surface area contributed by atoms with E-state index in [4.69, 9.17) is 4.42 Å². The molecule has 0 aromatic carbocycles. The summed E-state index contributed by atoms with van der Waals surface area (Å²) >= 11 is 0. The smallest absolute Gasteiger partial charge is 0.191 e. The highest BCUT2D eigenvalue weighted by Crippen LogP contribution is 2.21. The number of nitrogens with zero attached hydrogens (tertiary/aromatic N) is 1. The molecule has 1 aromatic rings. The van der Waals surface area contributed by atoms with Crippen LogP contribution in [0.2, 0.25) is 0 Å². The molecule has 3 N–H and O–H groups in total. The predicted octanol–water partition coefficient (Wildman–Crippen LogP) is 2.99. The van der Waals surface area contributed by atoms with Crippen LogP contribution in [-0.4, -0.2) is 30.2 Å². The van der Waals surface area contributed by atoms with Crippen molar-refractivity contribution in [3.8, 4) is 0 Å². The Bertz CT molecular complexity index is 440. The molecule has 1 unspecified atom stereocenters. The van der Waals surface area contributed by atoms with Gasteiger partial charge in [0.05, 0.1) is 12.8 Å². The molecule has 1 atom stereocenters. The number of halogens is 1. The first-order valence-electron chi connectivity index (χ1n) is 7.93. The molecule has 0 amide bonds. The lowest BCUT2D eigenvalue weighted by atomic mass is 9.96. The summed E-state index contributed by atoms with van der Waals surface area (Å²) in [6, 6.07) is 4.04. The molecule has 0 bridgehead atoms. The van der Waals surface area contributed by atoms with Crippen molar-refractivity contribution in [2.24, 2.45) is 4.99 Å². The van der Waals surface area contributed by atoms with E-state index in [1.807, 2.05) is 6.92 Å². The van der Waals surface area contributed by atoms with E-state index < -0.39 is 5.60 Å². The van der Waals surface area contributed by atoms with Crippen molar-refractivity contribution in [2.75, 3.05) is 13.1 Å². The fourth-order valence-corrected chi connectivity index (χ4v) is 2.66. The zero-order valence-corrected chi connectivity index (χ0v) is 15.8. The second-order valence-corrected chi connectivity index (χ2v) is 5.93. The summed E-state index contributed by atoms with van der Waals surface area (Å²) in [6.45, 7) is 4.84. The average molecular weight is 421 g/mol. The van der Waals surface area contributed by atoms with Gasteiger partial charge in [-0.1, -0.05) is 19.3 Å². The van der Waals surface area contributed by atoms with E-state index >= 15 is 0 Å².